The van der Waals surface area contributed by atoms with E-state index in [2.05, 4.69) is 10.6 Å². The fraction of sp³-hybridized carbons (Fsp3) is 0.417. The summed E-state index contributed by atoms with van der Waals surface area (Å²) in [6.07, 6.45) is 2.10. The minimum absolute atomic E-state index is 0.120. The van der Waals surface area contributed by atoms with Crippen molar-refractivity contribution >= 4 is 28.5 Å². The van der Waals surface area contributed by atoms with Gasteiger partial charge < -0.3 is 15.7 Å². The Hall–Kier alpha value is -0.820. The van der Waals surface area contributed by atoms with Crippen molar-refractivity contribution in [2.75, 3.05) is 13.1 Å². The zero-order valence-corrected chi connectivity index (χ0v) is 11.5. The summed E-state index contributed by atoms with van der Waals surface area (Å²) in [6.45, 7) is 1.85. The van der Waals surface area contributed by atoms with E-state index in [0.29, 0.717) is 5.56 Å². The molecule has 92 valence electrons. The third-order valence-corrected chi connectivity index (χ3v) is 3.75. The van der Waals surface area contributed by atoms with Crippen LogP contribution in [0.15, 0.2) is 18.2 Å². The van der Waals surface area contributed by atoms with E-state index in [1.165, 1.54) is 6.07 Å². The van der Waals surface area contributed by atoms with Crippen LogP contribution in [0, 0.1) is 3.57 Å². The fourth-order valence-electron chi connectivity index (χ4n) is 1.90. The quantitative estimate of drug-likeness (QED) is 0.711. The van der Waals surface area contributed by atoms with Gasteiger partial charge in [-0.3, -0.25) is 4.79 Å². The third kappa shape index (κ3) is 3.32. The highest BCUT2D eigenvalue weighted by Gasteiger charge is 2.16. The average Bonchev–Trinajstić information content (AvgIpc) is 2.34. The van der Waals surface area contributed by atoms with Crippen LogP contribution < -0.4 is 10.6 Å². The molecular weight excluding hydrogens is 331 g/mol. The van der Waals surface area contributed by atoms with Crippen LogP contribution in [-0.2, 0) is 0 Å². The van der Waals surface area contributed by atoms with E-state index in [4.69, 9.17) is 0 Å². The Labute approximate surface area is 114 Å². The lowest BCUT2D eigenvalue weighted by Crippen LogP contribution is -2.45. The number of rotatable bonds is 2. The summed E-state index contributed by atoms with van der Waals surface area (Å²) in [4.78, 5) is 11.9. The van der Waals surface area contributed by atoms with Gasteiger partial charge in [0.2, 0.25) is 0 Å². The Balaban J connectivity index is 2.01. The predicted molar refractivity (Wildman–Crippen MR) is 74.2 cm³/mol. The maximum atomic E-state index is 11.9. The largest absolute Gasteiger partial charge is 0.507 e. The molecule has 5 heteroatoms. The van der Waals surface area contributed by atoms with Crippen molar-refractivity contribution < 1.29 is 9.90 Å². The SMILES string of the molecule is O=C(NC1CCCNC1)c1ccc(I)c(O)c1. The van der Waals surface area contributed by atoms with Crippen molar-refractivity contribution in [3.63, 3.8) is 0 Å². The van der Waals surface area contributed by atoms with Gasteiger partial charge in [0.05, 0.1) is 3.57 Å². The number of phenols is 1. The molecule has 1 aliphatic heterocycles. The lowest BCUT2D eigenvalue weighted by molar-refractivity contribution is 0.0930. The molecule has 4 nitrogen and oxygen atoms in total. The highest BCUT2D eigenvalue weighted by atomic mass is 127. The normalized spacial score (nSPS) is 19.9. The molecular formula is C12H15IN2O2. The molecule has 1 atom stereocenters. The molecule has 1 aromatic carbocycles. The molecule has 0 radical (unpaired) electrons. The molecule has 0 spiro atoms. The minimum atomic E-state index is -0.120. The van der Waals surface area contributed by atoms with E-state index in [9.17, 15) is 9.90 Å². The highest BCUT2D eigenvalue weighted by Crippen LogP contribution is 2.20. The van der Waals surface area contributed by atoms with Crippen molar-refractivity contribution in [2.24, 2.45) is 0 Å². The van der Waals surface area contributed by atoms with Gasteiger partial charge in [-0.1, -0.05) is 0 Å². The lowest BCUT2D eigenvalue weighted by atomic mass is 10.1. The lowest BCUT2D eigenvalue weighted by Gasteiger charge is -2.23. The molecule has 0 aromatic heterocycles. The number of nitrogens with one attached hydrogen (secondary N) is 2. The second-order valence-electron chi connectivity index (χ2n) is 4.18. The first-order valence-corrected chi connectivity index (χ1v) is 6.75. The van der Waals surface area contributed by atoms with Gasteiger partial charge in [-0.15, -0.1) is 0 Å². The number of phenolic OH excluding ortho intramolecular Hbond substituents is 1. The van der Waals surface area contributed by atoms with Gasteiger partial charge in [-0.25, -0.2) is 0 Å². The molecule has 17 heavy (non-hydrogen) atoms. The fourth-order valence-corrected chi connectivity index (χ4v) is 2.23. The van der Waals surface area contributed by atoms with Crippen LogP contribution in [0.5, 0.6) is 5.75 Å². The van der Waals surface area contributed by atoms with Crippen molar-refractivity contribution in [1.82, 2.24) is 10.6 Å². The summed E-state index contributed by atoms with van der Waals surface area (Å²) >= 11 is 2.03. The predicted octanol–water partition coefficient (Wildman–Crippen LogP) is 1.48. The molecule has 3 N–H and O–H groups in total. The molecule has 1 heterocycles. The first-order valence-electron chi connectivity index (χ1n) is 5.67. The summed E-state index contributed by atoms with van der Waals surface area (Å²) in [5.41, 5.74) is 0.508. The summed E-state index contributed by atoms with van der Waals surface area (Å²) in [5.74, 6) is 0.0328. The van der Waals surface area contributed by atoms with Gasteiger partial charge in [0.1, 0.15) is 5.75 Å². The van der Waals surface area contributed by atoms with Crippen molar-refractivity contribution in [1.29, 1.82) is 0 Å². The molecule has 1 saturated heterocycles. The number of hydrogen-bond donors (Lipinski definition) is 3. The Bertz CT molecular complexity index is 417. The minimum Gasteiger partial charge on any atom is -0.507 e. The van der Waals surface area contributed by atoms with Gasteiger partial charge in [0.15, 0.2) is 0 Å². The summed E-state index contributed by atoms with van der Waals surface area (Å²) in [5, 5.41) is 15.8. The summed E-state index contributed by atoms with van der Waals surface area (Å²) < 4.78 is 0.749. The zero-order chi connectivity index (χ0) is 12.3. The Kier molecular flexibility index (Phi) is 4.22. The first-order chi connectivity index (χ1) is 8.16. The zero-order valence-electron chi connectivity index (χ0n) is 9.37. The van der Waals surface area contributed by atoms with Crippen LogP contribution in [0.2, 0.25) is 0 Å². The van der Waals surface area contributed by atoms with Crippen LogP contribution in [0.1, 0.15) is 23.2 Å². The standard InChI is InChI=1S/C12H15IN2O2/c13-10-4-3-8(6-11(10)16)12(17)15-9-2-1-5-14-7-9/h3-4,6,9,14,16H,1-2,5,7H2,(H,15,17). The van der Waals surface area contributed by atoms with Gasteiger partial charge in [-0.05, 0) is 60.2 Å². The number of aromatic hydroxyl groups is 1. The van der Waals surface area contributed by atoms with E-state index in [-0.39, 0.29) is 17.7 Å². The van der Waals surface area contributed by atoms with Crippen molar-refractivity contribution in [3.8, 4) is 5.75 Å². The third-order valence-electron chi connectivity index (χ3n) is 2.84. The van der Waals surface area contributed by atoms with Gasteiger partial charge in [0, 0.05) is 18.2 Å². The van der Waals surface area contributed by atoms with Gasteiger partial charge >= 0.3 is 0 Å². The van der Waals surface area contributed by atoms with Crippen LogP contribution in [0.4, 0.5) is 0 Å². The Morgan fingerprint density at radius 2 is 2.35 bits per heavy atom. The maximum absolute atomic E-state index is 11.9. The monoisotopic (exact) mass is 346 g/mol. The Morgan fingerprint density at radius 1 is 1.53 bits per heavy atom. The summed E-state index contributed by atoms with van der Waals surface area (Å²) in [6, 6.07) is 5.17. The van der Waals surface area contributed by atoms with E-state index >= 15 is 0 Å². The van der Waals surface area contributed by atoms with E-state index in [1.807, 2.05) is 22.6 Å². The molecule has 0 aliphatic carbocycles. The molecule has 1 unspecified atom stereocenters. The maximum Gasteiger partial charge on any atom is 0.251 e. The molecule has 1 fully saturated rings. The van der Waals surface area contributed by atoms with Gasteiger partial charge in [0.25, 0.3) is 5.91 Å². The Morgan fingerprint density at radius 3 is 3.00 bits per heavy atom. The highest BCUT2D eigenvalue weighted by molar-refractivity contribution is 14.1. The number of halogens is 1. The van der Waals surface area contributed by atoms with Crippen LogP contribution >= 0.6 is 22.6 Å². The number of benzene rings is 1. The topological polar surface area (TPSA) is 61.4 Å². The molecule has 1 aliphatic rings. The number of amides is 1. The number of carbonyl (C=O) groups is 1. The number of piperidine rings is 1. The smallest absolute Gasteiger partial charge is 0.251 e. The first kappa shape index (κ1) is 12.6. The van der Waals surface area contributed by atoms with Crippen molar-refractivity contribution in [3.05, 3.63) is 27.3 Å². The molecule has 2 rings (SSSR count). The van der Waals surface area contributed by atoms with Crippen LogP contribution in [0.25, 0.3) is 0 Å². The van der Waals surface area contributed by atoms with E-state index in [0.717, 1.165) is 29.5 Å². The van der Waals surface area contributed by atoms with Gasteiger partial charge in [-0.2, -0.15) is 0 Å². The average molecular weight is 346 g/mol. The van der Waals surface area contributed by atoms with E-state index in [1.54, 1.807) is 12.1 Å². The van der Waals surface area contributed by atoms with E-state index < -0.39 is 0 Å². The van der Waals surface area contributed by atoms with Crippen molar-refractivity contribution in [2.45, 2.75) is 18.9 Å². The molecule has 1 amide bonds. The molecule has 0 bridgehead atoms. The number of hydrogen-bond acceptors (Lipinski definition) is 3. The van der Waals surface area contributed by atoms with Crippen LogP contribution in [0.3, 0.4) is 0 Å². The second kappa shape index (κ2) is 5.68. The van der Waals surface area contributed by atoms with Crippen LogP contribution in [-0.4, -0.2) is 30.1 Å². The second-order valence-corrected chi connectivity index (χ2v) is 5.35. The molecule has 0 saturated carbocycles. The number of carbonyl (C=O) groups excluding carboxylic acids is 1. The molecule has 1 aromatic rings. The summed E-state index contributed by atoms with van der Waals surface area (Å²) in [7, 11) is 0.